The zero-order valence-electron chi connectivity index (χ0n) is 18.0. The molecule has 1 aliphatic carbocycles. The van der Waals surface area contributed by atoms with E-state index in [1.165, 1.54) is 5.56 Å². The van der Waals surface area contributed by atoms with Crippen LogP contribution in [0.3, 0.4) is 0 Å². The third kappa shape index (κ3) is 4.17. The molecular weight excluding hydrogens is 412 g/mol. The maximum atomic E-state index is 12.0. The van der Waals surface area contributed by atoms with Crippen LogP contribution in [0, 0.1) is 0 Å². The molecular formula is C25H29ClN2O3. The third-order valence-corrected chi connectivity index (χ3v) is 7.03. The largest absolute Gasteiger partial charge is 0.497 e. The molecule has 1 atom stereocenters. The molecule has 0 aliphatic heterocycles. The number of H-pyrrole nitrogens is 1. The summed E-state index contributed by atoms with van der Waals surface area (Å²) in [5.41, 5.74) is 7.66. The molecule has 3 N–H and O–H groups in total. The average molecular weight is 441 g/mol. The lowest BCUT2D eigenvalue weighted by molar-refractivity contribution is 0.104. The van der Waals surface area contributed by atoms with E-state index in [-0.39, 0.29) is 23.1 Å². The molecule has 1 saturated carbocycles. The Balaban J connectivity index is 1.56. The molecule has 6 heteroatoms. The highest BCUT2D eigenvalue weighted by atomic mass is 35.5. The maximum absolute atomic E-state index is 12.0. The number of hydrogen-bond acceptors (Lipinski definition) is 4. The fraction of sp³-hybridized carbons (Fsp3) is 0.400. The molecule has 4 rings (SSSR count). The standard InChI is InChI=1S/C25H29ClN2O3/c1-3-23(27)25(17-5-4-6-19(14-17)30-2)10-7-18(8-11-25)31-22-13-16-9-12-28-24(29)20(16)15-21(22)26/h4-6,9,12-15,18,23H,3,7-8,10-11,27H2,1-2H3,(H,28,29)/t18-,23-,25+/m0/s1. The molecule has 0 saturated heterocycles. The van der Waals surface area contributed by atoms with Gasteiger partial charge in [0.2, 0.25) is 0 Å². The van der Waals surface area contributed by atoms with Gasteiger partial charge in [0, 0.05) is 23.0 Å². The number of halogens is 1. The fourth-order valence-electron chi connectivity index (χ4n) is 4.88. The van der Waals surface area contributed by atoms with Gasteiger partial charge in [-0.3, -0.25) is 4.79 Å². The van der Waals surface area contributed by atoms with E-state index in [0.717, 1.165) is 43.2 Å². The summed E-state index contributed by atoms with van der Waals surface area (Å²) in [5.74, 6) is 1.48. The number of rotatable bonds is 6. The van der Waals surface area contributed by atoms with Gasteiger partial charge in [-0.05, 0) is 73.4 Å². The van der Waals surface area contributed by atoms with Crippen molar-refractivity contribution in [3.63, 3.8) is 0 Å². The molecule has 1 aliphatic rings. The van der Waals surface area contributed by atoms with E-state index in [9.17, 15) is 4.79 Å². The summed E-state index contributed by atoms with van der Waals surface area (Å²) in [7, 11) is 1.69. The van der Waals surface area contributed by atoms with Crippen LogP contribution in [0.4, 0.5) is 0 Å². The predicted molar refractivity (Wildman–Crippen MR) is 125 cm³/mol. The van der Waals surface area contributed by atoms with Crippen molar-refractivity contribution < 1.29 is 9.47 Å². The van der Waals surface area contributed by atoms with Crippen LogP contribution in [0.5, 0.6) is 11.5 Å². The first-order valence-corrected chi connectivity index (χ1v) is 11.2. The lowest BCUT2D eigenvalue weighted by Crippen LogP contribution is -2.48. The van der Waals surface area contributed by atoms with E-state index in [2.05, 4.69) is 24.0 Å². The van der Waals surface area contributed by atoms with Crippen LogP contribution >= 0.6 is 11.6 Å². The summed E-state index contributed by atoms with van der Waals surface area (Å²) in [5, 5.41) is 1.84. The molecule has 3 aromatic rings. The fourth-order valence-corrected chi connectivity index (χ4v) is 5.09. The van der Waals surface area contributed by atoms with E-state index >= 15 is 0 Å². The average Bonchev–Trinajstić information content (AvgIpc) is 2.80. The Morgan fingerprint density at radius 1 is 1.23 bits per heavy atom. The first-order chi connectivity index (χ1) is 15.0. The zero-order chi connectivity index (χ0) is 22.0. The number of nitrogens with one attached hydrogen (secondary N) is 1. The van der Waals surface area contributed by atoms with Gasteiger partial charge in [-0.2, -0.15) is 0 Å². The minimum Gasteiger partial charge on any atom is -0.497 e. The number of ether oxygens (including phenoxy) is 2. The molecule has 2 aromatic carbocycles. The van der Waals surface area contributed by atoms with Crippen LogP contribution < -0.4 is 20.8 Å². The Labute approximate surface area is 187 Å². The lowest BCUT2D eigenvalue weighted by atomic mass is 9.64. The van der Waals surface area contributed by atoms with Crippen molar-refractivity contribution in [2.24, 2.45) is 5.73 Å². The predicted octanol–water partition coefficient (Wildman–Crippen LogP) is 5.19. The molecule has 1 heterocycles. The van der Waals surface area contributed by atoms with Crippen molar-refractivity contribution in [2.75, 3.05) is 7.11 Å². The van der Waals surface area contributed by atoms with E-state index in [4.69, 9.17) is 26.8 Å². The van der Waals surface area contributed by atoms with Crippen LogP contribution in [-0.2, 0) is 5.41 Å². The number of methoxy groups -OCH3 is 1. The second-order valence-corrected chi connectivity index (χ2v) is 8.80. The van der Waals surface area contributed by atoms with Crippen molar-refractivity contribution in [2.45, 2.75) is 56.6 Å². The summed E-state index contributed by atoms with van der Waals surface area (Å²) >= 11 is 6.44. The number of fused-ring (bicyclic) bond motifs is 1. The Kier molecular flexibility index (Phi) is 6.26. The molecule has 5 nitrogen and oxygen atoms in total. The van der Waals surface area contributed by atoms with Gasteiger partial charge in [0.15, 0.2) is 0 Å². The molecule has 0 unspecified atom stereocenters. The molecule has 0 amide bonds. The minimum absolute atomic E-state index is 0.0553. The van der Waals surface area contributed by atoms with Crippen molar-refractivity contribution in [1.82, 2.24) is 4.98 Å². The van der Waals surface area contributed by atoms with Crippen molar-refractivity contribution in [3.8, 4) is 11.5 Å². The smallest absolute Gasteiger partial charge is 0.255 e. The second kappa shape index (κ2) is 8.93. The molecule has 0 spiro atoms. The van der Waals surface area contributed by atoms with Gasteiger partial charge in [0.25, 0.3) is 5.56 Å². The number of aromatic nitrogens is 1. The van der Waals surface area contributed by atoms with Gasteiger partial charge in [-0.1, -0.05) is 30.7 Å². The molecule has 1 aromatic heterocycles. The Morgan fingerprint density at radius 3 is 2.71 bits per heavy atom. The first-order valence-electron chi connectivity index (χ1n) is 10.8. The summed E-state index contributed by atoms with van der Waals surface area (Å²) in [6, 6.07) is 13.8. The van der Waals surface area contributed by atoms with Crippen molar-refractivity contribution in [1.29, 1.82) is 0 Å². The molecule has 164 valence electrons. The van der Waals surface area contributed by atoms with Crippen LogP contribution in [0.1, 0.15) is 44.6 Å². The SMILES string of the molecule is CC[C@H](N)[C@]1(c2cccc(OC)c2)CC[C@H](Oc2cc3cc[nH]c(=O)c3cc2Cl)CC1. The van der Waals surface area contributed by atoms with Gasteiger partial charge in [-0.25, -0.2) is 0 Å². The first kappa shape index (κ1) is 21.7. The van der Waals surface area contributed by atoms with Crippen LogP contribution in [0.15, 0.2) is 53.5 Å². The molecule has 31 heavy (non-hydrogen) atoms. The monoisotopic (exact) mass is 440 g/mol. The summed E-state index contributed by atoms with van der Waals surface area (Å²) < 4.78 is 11.8. The molecule has 0 bridgehead atoms. The Bertz CT molecular complexity index is 1120. The summed E-state index contributed by atoms with van der Waals surface area (Å²) in [6.45, 7) is 2.14. The lowest BCUT2D eigenvalue weighted by Gasteiger charge is -2.44. The van der Waals surface area contributed by atoms with E-state index < -0.39 is 0 Å². The maximum Gasteiger partial charge on any atom is 0.255 e. The number of hydrogen-bond donors (Lipinski definition) is 2. The van der Waals surface area contributed by atoms with Crippen LogP contribution in [0.25, 0.3) is 10.8 Å². The number of pyridine rings is 1. The van der Waals surface area contributed by atoms with Gasteiger partial charge in [-0.15, -0.1) is 0 Å². The quantitative estimate of drug-likeness (QED) is 0.553. The van der Waals surface area contributed by atoms with Gasteiger partial charge in [0.05, 0.1) is 18.2 Å². The second-order valence-electron chi connectivity index (χ2n) is 8.40. The minimum atomic E-state index is -0.153. The number of nitrogens with two attached hydrogens (primary N) is 1. The van der Waals surface area contributed by atoms with Gasteiger partial charge in [0.1, 0.15) is 11.5 Å². The van der Waals surface area contributed by atoms with Crippen molar-refractivity contribution in [3.05, 3.63) is 69.6 Å². The normalized spacial score (nSPS) is 22.3. The Hall–Kier alpha value is -2.50. The summed E-state index contributed by atoms with van der Waals surface area (Å²) in [6.07, 6.45) is 6.24. The van der Waals surface area contributed by atoms with Gasteiger partial charge < -0.3 is 20.2 Å². The molecule has 0 radical (unpaired) electrons. The van der Waals surface area contributed by atoms with Crippen LogP contribution in [0.2, 0.25) is 5.02 Å². The van der Waals surface area contributed by atoms with Crippen molar-refractivity contribution >= 4 is 22.4 Å². The number of aromatic amines is 1. The summed E-state index contributed by atoms with van der Waals surface area (Å²) in [4.78, 5) is 14.7. The highest BCUT2D eigenvalue weighted by Crippen LogP contribution is 2.44. The van der Waals surface area contributed by atoms with Gasteiger partial charge >= 0.3 is 0 Å². The highest BCUT2D eigenvalue weighted by molar-refractivity contribution is 6.32. The Morgan fingerprint density at radius 2 is 2.00 bits per heavy atom. The van der Waals surface area contributed by atoms with E-state index in [1.807, 2.05) is 24.3 Å². The highest BCUT2D eigenvalue weighted by Gasteiger charge is 2.41. The zero-order valence-corrected chi connectivity index (χ0v) is 18.7. The third-order valence-electron chi connectivity index (χ3n) is 6.74. The molecule has 1 fully saturated rings. The number of benzene rings is 2. The van der Waals surface area contributed by atoms with Crippen LogP contribution in [-0.4, -0.2) is 24.2 Å². The van der Waals surface area contributed by atoms with E-state index in [0.29, 0.717) is 16.2 Å². The van der Waals surface area contributed by atoms with E-state index in [1.54, 1.807) is 19.4 Å². The topological polar surface area (TPSA) is 77.3 Å².